The van der Waals surface area contributed by atoms with Gasteiger partial charge in [-0.3, -0.25) is 4.98 Å². The topological polar surface area (TPSA) is 64.0 Å². The maximum absolute atomic E-state index is 8.81. The van der Waals surface area contributed by atoms with Crippen LogP contribution in [0.2, 0.25) is 0 Å². The Labute approximate surface area is 185 Å². The molecule has 0 N–H and O–H groups in total. The van der Waals surface area contributed by atoms with E-state index in [1.807, 2.05) is 30.5 Å². The Balaban J connectivity index is -0.000000884. The number of aldehydes is 1. The zero-order chi connectivity index (χ0) is 21.1. The SMILES string of the molecule is CC(C)(C)P(/C=C1/C=CC=C(c2ccccn2)[N-]1)C(C)(C)C.CC=O.[C-]#[O+].[H-].[Ru+2]. The fourth-order valence-electron chi connectivity index (χ4n) is 2.71. The van der Waals surface area contributed by atoms with E-state index in [1.54, 1.807) is 0 Å². The van der Waals surface area contributed by atoms with E-state index in [1.165, 1.54) is 6.92 Å². The van der Waals surface area contributed by atoms with Crippen molar-refractivity contribution < 1.29 is 30.4 Å². The van der Waals surface area contributed by atoms with Gasteiger partial charge in [-0.2, -0.15) is 0 Å². The van der Waals surface area contributed by atoms with Gasteiger partial charge in [0.15, 0.2) is 0 Å². The summed E-state index contributed by atoms with van der Waals surface area (Å²) in [6.45, 7) is 19.9. The second-order valence-corrected chi connectivity index (χ2v) is 11.4. The quantitative estimate of drug-likeness (QED) is 0.156. The summed E-state index contributed by atoms with van der Waals surface area (Å²) < 4.78 is 7.50. The second kappa shape index (κ2) is 13.8. The van der Waals surface area contributed by atoms with Crippen LogP contribution in [0.1, 0.15) is 55.6 Å². The van der Waals surface area contributed by atoms with Gasteiger partial charge in [0.1, 0.15) is 6.29 Å². The first-order valence-corrected chi connectivity index (χ1v) is 10.1. The molecule has 6 heteroatoms. The molecular formula is C22H31N2O2PRu. The number of nitrogens with zero attached hydrogens (tertiary/aromatic N) is 2. The van der Waals surface area contributed by atoms with Gasteiger partial charge in [-0.25, -0.2) is 0 Å². The molecule has 0 saturated carbocycles. The average Bonchev–Trinajstić information content (AvgIpc) is 2.61. The third-order valence-corrected chi connectivity index (χ3v) is 6.82. The summed E-state index contributed by atoms with van der Waals surface area (Å²) in [6, 6.07) is 5.93. The van der Waals surface area contributed by atoms with Gasteiger partial charge in [-0.1, -0.05) is 79.6 Å². The molecule has 0 amide bonds. The van der Waals surface area contributed by atoms with E-state index < -0.39 is 0 Å². The Morgan fingerprint density at radius 3 is 2.11 bits per heavy atom. The standard InChI is InChI=1S/C19H26N2P.C2H4O.CO.Ru.H/c1-18(2,3)22(19(4,5)6)14-15-10-9-12-17(21-15)16-11-7-8-13-20-16;1-2-3;1-2;;/h7-14H,1-6H3;2H,1H3;;;/q-1;;;+2;-1/b15-14-;;;;. The Bertz CT molecular complexity index is 689. The van der Waals surface area contributed by atoms with E-state index in [-0.39, 0.29) is 39.1 Å². The minimum atomic E-state index is -0.308. The van der Waals surface area contributed by atoms with Gasteiger partial charge in [0.2, 0.25) is 0 Å². The molecule has 0 aromatic carbocycles. The van der Waals surface area contributed by atoms with E-state index in [0.29, 0.717) is 0 Å². The van der Waals surface area contributed by atoms with Crippen molar-refractivity contribution in [3.8, 4) is 0 Å². The molecule has 28 heavy (non-hydrogen) atoms. The Morgan fingerprint density at radius 1 is 1.14 bits per heavy atom. The summed E-state index contributed by atoms with van der Waals surface area (Å²) in [5.41, 5.74) is 2.92. The summed E-state index contributed by atoms with van der Waals surface area (Å²) in [5.74, 6) is 2.38. The third kappa shape index (κ3) is 10.3. The van der Waals surface area contributed by atoms with E-state index in [0.717, 1.165) is 23.4 Å². The van der Waals surface area contributed by atoms with Crippen LogP contribution in [0.25, 0.3) is 11.0 Å². The van der Waals surface area contributed by atoms with Gasteiger partial charge in [0.05, 0.1) is 0 Å². The number of carbonyl (C=O) groups excluding carboxylic acids is 1. The minimum absolute atomic E-state index is 0. The Hall–Kier alpha value is -1.37. The van der Waals surface area contributed by atoms with Crippen molar-refractivity contribution in [2.24, 2.45) is 0 Å². The molecule has 0 saturated heterocycles. The van der Waals surface area contributed by atoms with Crippen LogP contribution in [0.15, 0.2) is 54.1 Å². The van der Waals surface area contributed by atoms with Crippen molar-refractivity contribution in [2.75, 3.05) is 0 Å². The molecule has 1 aliphatic heterocycles. The summed E-state index contributed by atoms with van der Waals surface area (Å²) in [5, 5.41) is 5.33. The van der Waals surface area contributed by atoms with E-state index in [4.69, 9.17) is 14.8 Å². The smallest absolute Gasteiger partial charge is 1.00 e. The molecule has 1 aliphatic rings. The van der Waals surface area contributed by atoms with E-state index in [2.05, 4.69) is 71.1 Å². The maximum Gasteiger partial charge on any atom is 2.00 e. The van der Waals surface area contributed by atoms with Gasteiger partial charge < -0.3 is 11.5 Å². The zero-order valence-corrected chi connectivity index (χ0v) is 20.3. The van der Waals surface area contributed by atoms with Crippen molar-refractivity contribution in [2.45, 2.75) is 58.8 Å². The minimum Gasteiger partial charge on any atom is -1.00 e. The van der Waals surface area contributed by atoms with E-state index >= 15 is 0 Å². The summed E-state index contributed by atoms with van der Waals surface area (Å²) in [4.78, 5) is 13.2. The summed E-state index contributed by atoms with van der Waals surface area (Å²) in [6.07, 6.45) is 8.75. The number of carbonyl (C=O) groups is 1. The summed E-state index contributed by atoms with van der Waals surface area (Å²) in [7, 11) is -0.308. The first kappa shape index (κ1) is 28.8. The van der Waals surface area contributed by atoms with Crippen molar-refractivity contribution in [1.82, 2.24) is 4.98 Å². The fourth-order valence-corrected chi connectivity index (χ4v) is 5.90. The number of pyridine rings is 1. The largest absolute Gasteiger partial charge is 2.00 e. The number of hydrogen-bond acceptors (Lipinski definition) is 2. The fraction of sp³-hybridized carbons (Fsp3) is 0.409. The number of rotatable bonds is 2. The van der Waals surface area contributed by atoms with Gasteiger partial charge in [-0.15, -0.1) is 11.4 Å². The maximum atomic E-state index is 8.81. The van der Waals surface area contributed by atoms with Crippen molar-refractivity contribution in [3.63, 3.8) is 0 Å². The van der Waals surface area contributed by atoms with Gasteiger partial charge in [0, 0.05) is 11.9 Å². The van der Waals surface area contributed by atoms with Crippen LogP contribution in [-0.4, -0.2) is 21.6 Å². The molecule has 0 atom stereocenters. The molecule has 154 valence electrons. The Kier molecular flexibility index (Phi) is 14.2. The van der Waals surface area contributed by atoms with Crippen molar-refractivity contribution in [1.29, 1.82) is 0 Å². The van der Waals surface area contributed by atoms with Crippen molar-refractivity contribution >= 4 is 19.9 Å². The van der Waals surface area contributed by atoms with Crippen LogP contribution in [0.5, 0.6) is 0 Å². The Morgan fingerprint density at radius 2 is 1.68 bits per heavy atom. The van der Waals surface area contributed by atoms with Crippen LogP contribution < -0.4 is 0 Å². The predicted octanol–water partition coefficient (Wildman–Crippen LogP) is 6.56. The normalized spacial score (nSPS) is 14.4. The molecule has 4 nitrogen and oxygen atoms in total. The molecule has 2 rings (SSSR count). The molecule has 0 bridgehead atoms. The molecule has 0 radical (unpaired) electrons. The monoisotopic (exact) mass is 488 g/mol. The molecule has 0 aliphatic carbocycles. The van der Waals surface area contributed by atoms with Crippen LogP contribution in [0.4, 0.5) is 0 Å². The third-order valence-electron chi connectivity index (χ3n) is 3.40. The van der Waals surface area contributed by atoms with Crippen molar-refractivity contribution in [3.05, 3.63) is 71.8 Å². The molecule has 1 aromatic rings. The molecule has 0 spiro atoms. The number of allylic oxidation sites excluding steroid dienone is 3. The molecular weight excluding hydrogens is 456 g/mol. The average molecular weight is 488 g/mol. The molecule has 0 fully saturated rings. The van der Waals surface area contributed by atoms with Gasteiger partial charge >= 0.3 is 30.8 Å². The van der Waals surface area contributed by atoms with Crippen LogP contribution in [0, 0.1) is 6.65 Å². The second-order valence-electron chi connectivity index (χ2n) is 7.74. The number of aromatic nitrogens is 1. The zero-order valence-electron chi connectivity index (χ0n) is 18.7. The molecule has 1 aromatic heterocycles. The summed E-state index contributed by atoms with van der Waals surface area (Å²) >= 11 is 0. The molecule has 2 heterocycles. The van der Waals surface area contributed by atoms with Crippen LogP contribution in [-0.2, 0) is 28.9 Å². The van der Waals surface area contributed by atoms with Gasteiger partial charge in [-0.05, 0) is 29.4 Å². The van der Waals surface area contributed by atoms with Gasteiger partial charge in [0.25, 0.3) is 0 Å². The first-order valence-electron chi connectivity index (χ1n) is 8.72. The van der Waals surface area contributed by atoms with Crippen LogP contribution >= 0.6 is 7.92 Å². The first-order chi connectivity index (χ1) is 12.6. The predicted molar refractivity (Wildman–Crippen MR) is 116 cm³/mol. The molecule has 0 unspecified atom stereocenters. The number of hydrogen-bond donors (Lipinski definition) is 0. The van der Waals surface area contributed by atoms with Crippen LogP contribution in [0.3, 0.4) is 0 Å². The van der Waals surface area contributed by atoms with E-state index in [9.17, 15) is 0 Å².